The van der Waals surface area contributed by atoms with E-state index in [1.165, 1.54) is 0 Å². The number of allylic oxidation sites excluding steroid dienone is 4. The molecular formula is C74H74Br2N14O7. The van der Waals surface area contributed by atoms with E-state index in [0.29, 0.717) is 113 Å². The fourth-order valence-corrected chi connectivity index (χ4v) is 15.9. The van der Waals surface area contributed by atoms with Crippen LogP contribution in [0.25, 0.3) is 48.9 Å². The van der Waals surface area contributed by atoms with Crippen LogP contribution in [0.3, 0.4) is 0 Å². The van der Waals surface area contributed by atoms with Gasteiger partial charge in [-0.25, -0.2) is 29.9 Å². The molecule has 97 heavy (non-hydrogen) atoms. The van der Waals surface area contributed by atoms with Crippen LogP contribution in [-0.4, -0.2) is 124 Å². The van der Waals surface area contributed by atoms with Gasteiger partial charge in [0.1, 0.15) is 45.5 Å². The Labute approximate surface area is 578 Å². The van der Waals surface area contributed by atoms with Gasteiger partial charge in [0.25, 0.3) is 5.91 Å². The molecule has 6 aromatic heterocycles. The maximum atomic E-state index is 14.4. The van der Waals surface area contributed by atoms with E-state index in [2.05, 4.69) is 101 Å². The highest BCUT2D eigenvalue weighted by Crippen LogP contribution is 2.64. The molecule has 0 radical (unpaired) electrons. The van der Waals surface area contributed by atoms with Crippen LogP contribution in [0.2, 0.25) is 0 Å². The summed E-state index contributed by atoms with van der Waals surface area (Å²) in [5.41, 5.74) is 15.0. The molecule has 6 atom stereocenters. The molecule has 4 aliphatic heterocycles. The van der Waals surface area contributed by atoms with E-state index in [1.807, 2.05) is 76.2 Å². The first kappa shape index (κ1) is 66.5. The van der Waals surface area contributed by atoms with Crippen molar-refractivity contribution in [1.82, 2.24) is 59.3 Å². The number of benzene rings is 2. The second kappa shape index (κ2) is 27.4. The summed E-state index contributed by atoms with van der Waals surface area (Å²) >= 11 is 6.84. The van der Waals surface area contributed by atoms with E-state index in [-0.39, 0.29) is 95.3 Å². The summed E-state index contributed by atoms with van der Waals surface area (Å²) in [6.07, 6.45) is 25.5. The number of ketones is 4. The van der Waals surface area contributed by atoms with E-state index in [1.54, 1.807) is 44.0 Å². The summed E-state index contributed by atoms with van der Waals surface area (Å²) in [4.78, 5) is 129. The molecule has 23 heteroatoms. The number of amides is 3. The van der Waals surface area contributed by atoms with Gasteiger partial charge in [0.05, 0.1) is 47.3 Å². The molecule has 2 saturated heterocycles. The first-order chi connectivity index (χ1) is 46.7. The molecule has 2 N–H and O–H groups in total. The SMILES string of the molecule is Cc1ncc(-c2cc3c4c(c2)c(C(N)=O)nn4CC(=O)N2[C@H](C(=O)Cc4nc(Br)ccc4C)C[C@@]4(CCC(=O)CCCC=CC3)C[C@@H]24)cn1.[C-]#[N+]c1nn2c3c(cc(-c4cnc(C)nc4)cc13)CC=CCCCC(=O)CC[C@@]13C[C@@H](C(=O)Cc4nc(Br)ccc4C)N(C(=O)C2)[C@@H]1C3. The van der Waals surface area contributed by atoms with E-state index < -0.39 is 18.0 Å². The zero-order valence-corrected chi connectivity index (χ0v) is 57.9. The Morgan fingerprint density at radius 2 is 1.02 bits per heavy atom. The monoisotopic (exact) mass is 1430 g/mol. The van der Waals surface area contributed by atoms with E-state index in [4.69, 9.17) is 12.3 Å². The van der Waals surface area contributed by atoms with Crippen molar-refractivity contribution in [2.45, 2.75) is 181 Å². The molecular weight excluding hydrogens is 1360 g/mol. The van der Waals surface area contributed by atoms with Crippen molar-refractivity contribution in [3.63, 3.8) is 0 Å². The van der Waals surface area contributed by atoms with Crippen molar-refractivity contribution in [2.75, 3.05) is 0 Å². The Hall–Kier alpha value is -9.14. The third kappa shape index (κ3) is 13.8. The molecule has 4 bridgehead atoms. The maximum absolute atomic E-state index is 14.4. The van der Waals surface area contributed by atoms with Crippen molar-refractivity contribution < 1.29 is 33.6 Å². The van der Waals surface area contributed by atoms with Crippen molar-refractivity contribution in [2.24, 2.45) is 16.6 Å². The molecule has 4 fully saturated rings. The molecule has 6 aliphatic rings. The number of nitrogens with zero attached hydrogens (tertiary/aromatic N) is 13. The number of piperidine rings is 2. The lowest BCUT2D eigenvalue weighted by Gasteiger charge is -2.27. The summed E-state index contributed by atoms with van der Waals surface area (Å²) in [5, 5.41) is 10.5. The number of hydrogen-bond acceptors (Lipinski definition) is 15. The number of aryl methyl sites for hydroxylation is 4. The van der Waals surface area contributed by atoms with Crippen LogP contribution in [-0.2, 0) is 67.5 Å². The number of Topliss-reactive ketones (excluding diaryl/α,β-unsaturated/α-hetero) is 4. The fraction of sp³-hybridized carbons (Fsp3) is 0.405. The standard InChI is InChI=1S/C37H38BrN7O4.C37H36BrN7O3/c1-21-9-10-32(38)42-28(21)15-30(47)29-16-37-12-11-26(46)8-6-4-3-5-7-23-13-24(25-18-40-22(2)41-19-25)14-27-34(36(39)49)43-44(35(23)27)20-33(48)45(29)31(37)17-37;1-22-10-11-33(38)42-29(22)16-31(47)30-17-37-13-12-27(46)9-7-5-4-6-8-24-14-25(26-19-40-23(2)41-20-26)15-28-35(24)44(43-36(28)39-3)21-34(48)45(30)32(37)18-37/h3,5,9-10,13-14,18-19,29,31H,4,6-8,11-12,15-17,20H2,1-2H3,(H2,39,49);4,6,10-11,14-15,19-20,30,32H,5,7-9,12-13,16-18,21H2,1-2H3/t29-,31+,37-;30-,32+,37-/m00/s1. The number of carbonyl (C=O) groups is 7. The Morgan fingerprint density at radius 3 is 1.47 bits per heavy atom. The molecule has 496 valence electrons. The third-order valence-electron chi connectivity index (χ3n) is 20.6. The Kier molecular flexibility index (Phi) is 18.8. The number of primary amides is 1. The van der Waals surface area contributed by atoms with Gasteiger partial charge in [-0.05, 0) is 216 Å². The molecule has 0 spiro atoms. The second-order valence-corrected chi connectivity index (χ2v) is 28.7. The lowest BCUT2D eigenvalue weighted by Crippen LogP contribution is -2.45. The van der Waals surface area contributed by atoms with Gasteiger partial charge in [-0.3, -0.25) is 38.2 Å². The minimum Gasteiger partial charge on any atom is -0.364 e. The average Bonchev–Trinajstić information content (AvgIpc) is 1.54. The highest BCUT2D eigenvalue weighted by Gasteiger charge is 2.67. The number of halogens is 2. The van der Waals surface area contributed by atoms with Crippen LogP contribution in [0, 0.1) is 45.1 Å². The zero-order valence-electron chi connectivity index (χ0n) is 54.7. The predicted octanol–water partition coefficient (Wildman–Crippen LogP) is 11.8. The average molecular weight is 1430 g/mol. The smallest absolute Gasteiger partial charge is 0.303 e. The number of nitrogens with two attached hydrogens (primary N) is 1. The topological polar surface area (TPSA) is 269 Å². The molecule has 2 saturated carbocycles. The van der Waals surface area contributed by atoms with Gasteiger partial charge in [-0.2, -0.15) is 9.78 Å². The quantitative estimate of drug-likeness (QED) is 0.0799. The van der Waals surface area contributed by atoms with E-state index >= 15 is 0 Å². The molecule has 21 nitrogen and oxygen atoms in total. The van der Waals surface area contributed by atoms with Gasteiger partial charge in [0.15, 0.2) is 17.3 Å². The predicted molar refractivity (Wildman–Crippen MR) is 371 cm³/mol. The number of hydrogen-bond donors (Lipinski definition) is 1. The largest absolute Gasteiger partial charge is 0.364 e. The fourth-order valence-electron chi connectivity index (χ4n) is 15.2. The van der Waals surface area contributed by atoms with Crippen LogP contribution in [0.4, 0.5) is 5.82 Å². The van der Waals surface area contributed by atoms with Gasteiger partial charge in [-0.15, -0.1) is 0 Å². The Bertz CT molecular complexity index is 4650. The van der Waals surface area contributed by atoms with Crippen LogP contribution >= 0.6 is 31.9 Å². The van der Waals surface area contributed by atoms with Gasteiger partial charge < -0.3 is 20.4 Å². The maximum Gasteiger partial charge on any atom is 0.303 e. The molecule has 14 rings (SSSR count). The van der Waals surface area contributed by atoms with Gasteiger partial charge in [0, 0.05) is 84.5 Å². The number of carbonyl (C=O) groups excluding carboxylic acids is 7. The normalized spacial score (nSPS) is 22.7. The molecule has 0 unspecified atom stereocenters. The van der Waals surface area contributed by atoms with Crippen molar-refractivity contribution in [3.05, 3.63) is 169 Å². The number of aromatic nitrogens is 10. The summed E-state index contributed by atoms with van der Waals surface area (Å²) in [6, 6.07) is 13.9. The van der Waals surface area contributed by atoms with Gasteiger partial charge in [0.2, 0.25) is 11.8 Å². The number of rotatable bonds is 9. The lowest BCUT2D eigenvalue weighted by molar-refractivity contribution is -0.139. The summed E-state index contributed by atoms with van der Waals surface area (Å²) in [5.74, 6) is 0.692. The summed E-state index contributed by atoms with van der Waals surface area (Å²) < 4.78 is 4.52. The first-order valence-corrected chi connectivity index (χ1v) is 34.8. The molecule has 8 aromatic rings. The van der Waals surface area contributed by atoms with Crippen LogP contribution < -0.4 is 5.73 Å². The molecule has 2 aromatic carbocycles. The Morgan fingerprint density at radius 1 is 0.577 bits per heavy atom. The van der Waals surface area contributed by atoms with Crippen molar-refractivity contribution in [1.29, 1.82) is 0 Å². The van der Waals surface area contributed by atoms with Crippen LogP contribution in [0.15, 0.2) is 107 Å². The molecule has 2 aliphatic carbocycles. The summed E-state index contributed by atoms with van der Waals surface area (Å²) in [6.45, 7) is 15.2. The van der Waals surface area contributed by atoms with Crippen LogP contribution in [0.5, 0.6) is 0 Å². The molecule has 10 heterocycles. The minimum atomic E-state index is -0.700. The number of pyridine rings is 2. The van der Waals surface area contributed by atoms with E-state index in [9.17, 15) is 33.6 Å². The van der Waals surface area contributed by atoms with Gasteiger partial charge in [-0.1, -0.05) is 49.1 Å². The van der Waals surface area contributed by atoms with E-state index in [0.717, 1.165) is 88.5 Å². The first-order valence-electron chi connectivity index (χ1n) is 33.3. The van der Waals surface area contributed by atoms with Crippen LogP contribution in [0.1, 0.15) is 146 Å². The summed E-state index contributed by atoms with van der Waals surface area (Å²) in [7, 11) is 0. The molecule has 3 amide bonds. The zero-order chi connectivity index (χ0) is 68.0. The van der Waals surface area contributed by atoms with Gasteiger partial charge >= 0.3 is 5.82 Å². The van der Waals surface area contributed by atoms with Crippen molar-refractivity contribution >= 4 is 100 Å². The Balaban J connectivity index is 0.000000175. The lowest BCUT2D eigenvalue weighted by atomic mass is 9.90. The second-order valence-electron chi connectivity index (χ2n) is 27.1. The highest BCUT2D eigenvalue weighted by atomic mass is 79.9. The van der Waals surface area contributed by atoms with Crippen molar-refractivity contribution in [3.8, 4) is 22.3 Å². The third-order valence-corrected chi connectivity index (χ3v) is 21.5. The minimum absolute atomic E-state index is 0.0488. The highest BCUT2D eigenvalue weighted by molar-refractivity contribution is 9.10.